The van der Waals surface area contributed by atoms with E-state index in [1.807, 2.05) is 48.9 Å². The maximum Gasteiger partial charge on any atom is 0.255 e. The summed E-state index contributed by atoms with van der Waals surface area (Å²) in [7, 11) is 0. The molecule has 0 saturated carbocycles. The normalized spacial score (nSPS) is 12.1. The van der Waals surface area contributed by atoms with Gasteiger partial charge in [-0.25, -0.2) is 4.98 Å². The number of imidazole rings is 1. The molecular weight excluding hydrogens is 290 g/mol. The number of nitrogens with one attached hydrogen (secondary N) is 1. The Balaban J connectivity index is 1.72. The van der Waals surface area contributed by atoms with Crippen LogP contribution in [0.15, 0.2) is 53.5 Å². The fraction of sp³-hybridized carbons (Fsp3) is 0.222. The minimum Gasteiger partial charge on any atom is -0.466 e. The first-order chi connectivity index (χ1) is 11.0. The lowest BCUT2D eigenvalue weighted by atomic mass is 10.1. The Kier molecular flexibility index (Phi) is 4.02. The minimum atomic E-state index is -0.120. The van der Waals surface area contributed by atoms with Crippen molar-refractivity contribution in [2.45, 2.75) is 26.8 Å². The molecule has 2 aromatic heterocycles. The summed E-state index contributed by atoms with van der Waals surface area (Å²) in [6, 6.07) is 9.70. The van der Waals surface area contributed by atoms with Gasteiger partial charge in [0.2, 0.25) is 0 Å². The van der Waals surface area contributed by atoms with Gasteiger partial charge in [-0.15, -0.1) is 0 Å². The van der Waals surface area contributed by atoms with Gasteiger partial charge in [0.1, 0.15) is 11.5 Å². The quantitative estimate of drug-likeness (QED) is 0.801. The van der Waals surface area contributed by atoms with Crippen molar-refractivity contribution in [3.8, 4) is 5.69 Å². The lowest BCUT2D eigenvalue weighted by Gasteiger charge is -2.14. The van der Waals surface area contributed by atoms with Crippen LogP contribution in [-0.4, -0.2) is 15.5 Å². The Labute approximate surface area is 135 Å². The highest BCUT2D eigenvalue weighted by Gasteiger charge is 2.16. The number of benzene rings is 1. The third-order valence-electron chi connectivity index (χ3n) is 3.83. The van der Waals surface area contributed by atoms with E-state index >= 15 is 0 Å². The summed E-state index contributed by atoms with van der Waals surface area (Å²) in [5.74, 6) is 1.26. The molecule has 0 aliphatic heterocycles. The molecule has 1 aromatic carbocycles. The molecule has 0 aliphatic carbocycles. The van der Waals surface area contributed by atoms with Gasteiger partial charge in [-0.1, -0.05) is 12.1 Å². The molecule has 1 amide bonds. The summed E-state index contributed by atoms with van der Waals surface area (Å²) < 4.78 is 7.35. The molecule has 2 heterocycles. The fourth-order valence-corrected chi connectivity index (χ4v) is 2.56. The van der Waals surface area contributed by atoms with E-state index in [0.717, 1.165) is 17.0 Å². The van der Waals surface area contributed by atoms with Gasteiger partial charge < -0.3 is 14.3 Å². The van der Waals surface area contributed by atoms with Crippen molar-refractivity contribution in [1.82, 2.24) is 14.9 Å². The summed E-state index contributed by atoms with van der Waals surface area (Å²) >= 11 is 0. The van der Waals surface area contributed by atoms with Crippen LogP contribution in [-0.2, 0) is 0 Å². The molecule has 3 rings (SSSR count). The van der Waals surface area contributed by atoms with Crippen molar-refractivity contribution in [2.75, 3.05) is 0 Å². The maximum atomic E-state index is 12.3. The number of rotatable bonds is 4. The number of furan rings is 1. The van der Waals surface area contributed by atoms with Crippen LogP contribution in [0.5, 0.6) is 0 Å². The van der Waals surface area contributed by atoms with Crippen molar-refractivity contribution in [2.24, 2.45) is 0 Å². The molecule has 3 aromatic rings. The monoisotopic (exact) mass is 309 g/mol. The number of nitrogens with zero attached hydrogens (tertiary/aromatic N) is 2. The van der Waals surface area contributed by atoms with Crippen LogP contribution in [0.25, 0.3) is 5.69 Å². The Morgan fingerprint density at radius 1 is 1.26 bits per heavy atom. The van der Waals surface area contributed by atoms with Crippen LogP contribution in [0.4, 0.5) is 0 Å². The first-order valence-corrected chi connectivity index (χ1v) is 7.51. The number of amides is 1. The Bertz CT molecular complexity index is 801. The highest BCUT2D eigenvalue weighted by Crippen LogP contribution is 2.18. The lowest BCUT2D eigenvalue weighted by Crippen LogP contribution is -2.26. The van der Waals surface area contributed by atoms with E-state index in [9.17, 15) is 4.79 Å². The SMILES string of the molecule is Cc1cc(C(=O)N[C@@H](C)c2ccc(-n3ccnc3)cc2)c(C)o1. The molecule has 0 spiro atoms. The zero-order valence-electron chi connectivity index (χ0n) is 13.4. The van der Waals surface area contributed by atoms with E-state index in [2.05, 4.69) is 10.3 Å². The number of carbonyl (C=O) groups excluding carboxylic acids is 1. The molecule has 0 bridgehead atoms. The highest BCUT2D eigenvalue weighted by molar-refractivity contribution is 5.95. The second-order valence-electron chi connectivity index (χ2n) is 5.58. The van der Waals surface area contributed by atoms with Crippen molar-refractivity contribution < 1.29 is 9.21 Å². The van der Waals surface area contributed by atoms with Crippen LogP contribution < -0.4 is 5.32 Å². The Morgan fingerprint density at radius 3 is 2.57 bits per heavy atom. The van der Waals surface area contributed by atoms with Crippen molar-refractivity contribution in [3.05, 3.63) is 71.7 Å². The Morgan fingerprint density at radius 2 is 2.00 bits per heavy atom. The van der Waals surface area contributed by atoms with E-state index in [0.29, 0.717) is 11.3 Å². The topological polar surface area (TPSA) is 60.1 Å². The predicted molar refractivity (Wildman–Crippen MR) is 87.6 cm³/mol. The average Bonchev–Trinajstić information content (AvgIpc) is 3.17. The van der Waals surface area contributed by atoms with E-state index in [1.165, 1.54) is 0 Å². The lowest BCUT2D eigenvalue weighted by molar-refractivity contribution is 0.0938. The van der Waals surface area contributed by atoms with Crippen LogP contribution in [0.1, 0.15) is 40.4 Å². The summed E-state index contributed by atoms with van der Waals surface area (Å²) in [6.45, 7) is 5.60. The number of carbonyl (C=O) groups is 1. The van der Waals surface area contributed by atoms with Gasteiger partial charge in [-0.05, 0) is 44.5 Å². The molecular formula is C18H19N3O2. The van der Waals surface area contributed by atoms with Crippen molar-refractivity contribution in [1.29, 1.82) is 0 Å². The molecule has 23 heavy (non-hydrogen) atoms. The van der Waals surface area contributed by atoms with E-state index in [1.54, 1.807) is 25.5 Å². The van der Waals surface area contributed by atoms with Crippen molar-refractivity contribution in [3.63, 3.8) is 0 Å². The van der Waals surface area contributed by atoms with E-state index in [4.69, 9.17) is 4.42 Å². The third kappa shape index (κ3) is 3.18. The Hall–Kier alpha value is -2.82. The summed E-state index contributed by atoms with van der Waals surface area (Å²) in [5, 5.41) is 3.00. The molecule has 0 aliphatic rings. The largest absolute Gasteiger partial charge is 0.466 e. The first kappa shape index (κ1) is 15.1. The maximum absolute atomic E-state index is 12.3. The minimum absolute atomic E-state index is 0.0889. The molecule has 0 unspecified atom stereocenters. The second-order valence-corrected chi connectivity index (χ2v) is 5.58. The fourth-order valence-electron chi connectivity index (χ4n) is 2.56. The van der Waals surface area contributed by atoms with Gasteiger partial charge in [0, 0.05) is 18.1 Å². The molecule has 5 heteroatoms. The number of aryl methyl sites for hydroxylation is 2. The van der Waals surface area contributed by atoms with Crippen molar-refractivity contribution >= 4 is 5.91 Å². The summed E-state index contributed by atoms with van der Waals surface area (Å²) in [6.07, 6.45) is 5.39. The number of aromatic nitrogens is 2. The van der Waals surface area contributed by atoms with Gasteiger partial charge in [-0.2, -0.15) is 0 Å². The predicted octanol–water partition coefficient (Wildman–Crippen LogP) is 3.57. The van der Waals surface area contributed by atoms with Crippen LogP contribution in [0.2, 0.25) is 0 Å². The van der Waals surface area contributed by atoms with Gasteiger partial charge in [0.15, 0.2) is 0 Å². The van der Waals surface area contributed by atoms with E-state index < -0.39 is 0 Å². The second kappa shape index (κ2) is 6.12. The molecule has 0 radical (unpaired) electrons. The van der Waals surface area contributed by atoms with E-state index in [-0.39, 0.29) is 11.9 Å². The van der Waals surface area contributed by atoms with Crippen LogP contribution in [0.3, 0.4) is 0 Å². The van der Waals surface area contributed by atoms with Crippen LogP contribution >= 0.6 is 0 Å². The zero-order chi connectivity index (χ0) is 16.4. The van der Waals surface area contributed by atoms with Gasteiger partial charge in [0.05, 0.1) is 17.9 Å². The number of hydrogen-bond donors (Lipinski definition) is 1. The molecule has 0 saturated heterocycles. The molecule has 0 fully saturated rings. The standard InChI is InChI=1S/C18H19N3O2/c1-12-10-17(14(3)23-12)18(22)20-13(2)15-4-6-16(7-5-15)21-9-8-19-11-21/h4-11,13H,1-3H3,(H,20,22)/t13-/m0/s1. The van der Waals surface area contributed by atoms with Gasteiger partial charge in [0.25, 0.3) is 5.91 Å². The summed E-state index contributed by atoms with van der Waals surface area (Å²) in [5.41, 5.74) is 2.66. The molecule has 1 atom stereocenters. The summed E-state index contributed by atoms with van der Waals surface area (Å²) in [4.78, 5) is 16.4. The van der Waals surface area contributed by atoms with Gasteiger partial charge in [-0.3, -0.25) is 4.79 Å². The smallest absolute Gasteiger partial charge is 0.255 e. The average molecular weight is 309 g/mol. The third-order valence-corrected chi connectivity index (χ3v) is 3.83. The first-order valence-electron chi connectivity index (χ1n) is 7.51. The molecule has 118 valence electrons. The molecule has 1 N–H and O–H groups in total. The number of hydrogen-bond acceptors (Lipinski definition) is 3. The highest BCUT2D eigenvalue weighted by atomic mass is 16.3. The molecule has 5 nitrogen and oxygen atoms in total. The van der Waals surface area contributed by atoms with Gasteiger partial charge >= 0.3 is 0 Å². The van der Waals surface area contributed by atoms with Crippen LogP contribution in [0, 0.1) is 13.8 Å². The zero-order valence-corrected chi connectivity index (χ0v) is 13.4.